The predicted molar refractivity (Wildman–Crippen MR) is 53.6 cm³/mol. The van der Waals surface area contributed by atoms with E-state index in [1.807, 2.05) is 0 Å². The highest BCUT2D eigenvalue weighted by atomic mass is 19.1. The highest BCUT2D eigenvalue weighted by Gasteiger charge is 2.21. The Morgan fingerprint density at radius 3 is 2.73 bits per heavy atom. The zero-order valence-corrected chi connectivity index (χ0v) is 8.66. The van der Waals surface area contributed by atoms with Crippen LogP contribution >= 0.6 is 0 Å². The van der Waals surface area contributed by atoms with Gasteiger partial charge in [-0.25, -0.2) is 4.39 Å². The van der Waals surface area contributed by atoms with E-state index in [0.717, 1.165) is 0 Å². The van der Waals surface area contributed by atoms with Crippen molar-refractivity contribution in [3.63, 3.8) is 0 Å². The SMILES string of the molecule is CCC(C(=O)O)c1cc(F)ccc1OC. The fourth-order valence-electron chi connectivity index (χ4n) is 1.51. The predicted octanol–water partition coefficient (Wildman–Crippen LogP) is 2.41. The van der Waals surface area contributed by atoms with Gasteiger partial charge in [0.25, 0.3) is 0 Å². The standard InChI is InChI=1S/C11H13FO3/c1-3-8(11(13)14)9-6-7(12)4-5-10(9)15-2/h4-6,8H,3H2,1-2H3,(H,13,14). The van der Waals surface area contributed by atoms with Gasteiger partial charge >= 0.3 is 5.97 Å². The lowest BCUT2D eigenvalue weighted by molar-refractivity contribution is -0.138. The molecule has 0 saturated heterocycles. The van der Waals surface area contributed by atoms with Gasteiger partial charge in [0.2, 0.25) is 0 Å². The Hall–Kier alpha value is -1.58. The van der Waals surface area contributed by atoms with Crippen molar-refractivity contribution in [1.82, 2.24) is 0 Å². The molecule has 0 spiro atoms. The molecule has 82 valence electrons. The average molecular weight is 212 g/mol. The van der Waals surface area contributed by atoms with Gasteiger partial charge in [-0.05, 0) is 24.6 Å². The van der Waals surface area contributed by atoms with Gasteiger partial charge in [0.1, 0.15) is 11.6 Å². The number of methoxy groups -OCH3 is 1. The number of aliphatic carboxylic acids is 1. The van der Waals surface area contributed by atoms with Crippen LogP contribution in [0.2, 0.25) is 0 Å². The number of halogens is 1. The molecule has 4 heteroatoms. The number of benzene rings is 1. The van der Waals surface area contributed by atoms with E-state index in [2.05, 4.69) is 0 Å². The number of carbonyl (C=O) groups is 1. The Morgan fingerprint density at radius 2 is 2.27 bits per heavy atom. The lowest BCUT2D eigenvalue weighted by Crippen LogP contribution is -2.12. The number of hydrogen-bond donors (Lipinski definition) is 1. The fraction of sp³-hybridized carbons (Fsp3) is 0.364. The van der Waals surface area contributed by atoms with Gasteiger partial charge in [0.05, 0.1) is 13.0 Å². The van der Waals surface area contributed by atoms with Crippen LogP contribution in [0.4, 0.5) is 4.39 Å². The first-order chi connectivity index (χ1) is 7.10. The van der Waals surface area contributed by atoms with E-state index in [4.69, 9.17) is 9.84 Å². The third kappa shape index (κ3) is 2.46. The molecular formula is C11H13FO3. The molecule has 1 rings (SSSR count). The van der Waals surface area contributed by atoms with E-state index in [1.54, 1.807) is 6.92 Å². The van der Waals surface area contributed by atoms with E-state index in [0.29, 0.717) is 17.7 Å². The van der Waals surface area contributed by atoms with E-state index in [1.165, 1.54) is 25.3 Å². The van der Waals surface area contributed by atoms with Crippen LogP contribution in [0.5, 0.6) is 5.75 Å². The molecule has 15 heavy (non-hydrogen) atoms. The Morgan fingerprint density at radius 1 is 1.60 bits per heavy atom. The quantitative estimate of drug-likeness (QED) is 0.833. The molecule has 0 heterocycles. The molecule has 1 aromatic rings. The first kappa shape index (κ1) is 11.5. The van der Waals surface area contributed by atoms with Crippen LogP contribution in [-0.2, 0) is 4.79 Å². The molecule has 1 N–H and O–H groups in total. The smallest absolute Gasteiger partial charge is 0.311 e. The van der Waals surface area contributed by atoms with Gasteiger partial charge < -0.3 is 9.84 Å². The highest BCUT2D eigenvalue weighted by molar-refractivity contribution is 5.77. The van der Waals surface area contributed by atoms with Gasteiger partial charge in [-0.3, -0.25) is 4.79 Å². The first-order valence-electron chi connectivity index (χ1n) is 4.66. The highest BCUT2D eigenvalue weighted by Crippen LogP contribution is 2.29. The second-order valence-electron chi connectivity index (χ2n) is 3.19. The Labute approximate surface area is 87.5 Å². The molecular weight excluding hydrogens is 199 g/mol. The lowest BCUT2D eigenvalue weighted by Gasteiger charge is -2.14. The maximum atomic E-state index is 13.0. The van der Waals surface area contributed by atoms with Crippen molar-refractivity contribution in [3.05, 3.63) is 29.6 Å². The maximum Gasteiger partial charge on any atom is 0.311 e. The zero-order chi connectivity index (χ0) is 11.4. The van der Waals surface area contributed by atoms with Crippen LogP contribution < -0.4 is 4.74 Å². The summed E-state index contributed by atoms with van der Waals surface area (Å²) in [6, 6.07) is 3.90. The van der Waals surface area contributed by atoms with Crippen LogP contribution in [0.1, 0.15) is 24.8 Å². The van der Waals surface area contributed by atoms with Crippen LogP contribution in [-0.4, -0.2) is 18.2 Å². The molecule has 1 atom stereocenters. The van der Waals surface area contributed by atoms with Crippen molar-refractivity contribution < 1.29 is 19.0 Å². The third-order valence-corrected chi connectivity index (χ3v) is 2.27. The van der Waals surface area contributed by atoms with E-state index < -0.39 is 17.7 Å². The number of rotatable bonds is 4. The zero-order valence-electron chi connectivity index (χ0n) is 8.66. The van der Waals surface area contributed by atoms with Crippen molar-refractivity contribution >= 4 is 5.97 Å². The number of ether oxygens (including phenoxy) is 1. The lowest BCUT2D eigenvalue weighted by atomic mass is 9.95. The van der Waals surface area contributed by atoms with E-state index in [-0.39, 0.29) is 0 Å². The number of carboxylic acid groups (broad SMARTS) is 1. The van der Waals surface area contributed by atoms with Crippen LogP contribution in [0.15, 0.2) is 18.2 Å². The second kappa shape index (κ2) is 4.77. The molecule has 1 aromatic carbocycles. The topological polar surface area (TPSA) is 46.5 Å². The summed E-state index contributed by atoms with van der Waals surface area (Å²) < 4.78 is 18.0. The molecule has 0 aliphatic carbocycles. The average Bonchev–Trinajstić information content (AvgIpc) is 2.18. The second-order valence-corrected chi connectivity index (χ2v) is 3.19. The maximum absolute atomic E-state index is 13.0. The minimum absolute atomic E-state index is 0.382. The van der Waals surface area contributed by atoms with Crippen LogP contribution in [0.25, 0.3) is 0 Å². The van der Waals surface area contributed by atoms with Crippen molar-refractivity contribution in [1.29, 1.82) is 0 Å². The van der Waals surface area contributed by atoms with Crippen LogP contribution in [0.3, 0.4) is 0 Å². The van der Waals surface area contributed by atoms with Gasteiger partial charge in [-0.2, -0.15) is 0 Å². The summed E-state index contributed by atoms with van der Waals surface area (Å²) in [5.74, 6) is -1.74. The van der Waals surface area contributed by atoms with Crippen molar-refractivity contribution in [2.24, 2.45) is 0 Å². The molecule has 0 aliphatic rings. The summed E-state index contributed by atoms with van der Waals surface area (Å²) in [5, 5.41) is 8.96. The summed E-state index contributed by atoms with van der Waals surface area (Å²) in [5.41, 5.74) is 0.382. The third-order valence-electron chi connectivity index (χ3n) is 2.27. The number of carboxylic acids is 1. The Kier molecular flexibility index (Phi) is 3.66. The largest absolute Gasteiger partial charge is 0.496 e. The minimum atomic E-state index is -0.971. The molecule has 0 radical (unpaired) electrons. The molecule has 0 bridgehead atoms. The minimum Gasteiger partial charge on any atom is -0.496 e. The molecule has 0 saturated carbocycles. The molecule has 0 aliphatic heterocycles. The summed E-state index contributed by atoms with van der Waals surface area (Å²) in [6.45, 7) is 1.74. The van der Waals surface area contributed by atoms with E-state index >= 15 is 0 Å². The summed E-state index contributed by atoms with van der Waals surface area (Å²) in [6.07, 6.45) is 0.398. The summed E-state index contributed by atoms with van der Waals surface area (Å²) in [7, 11) is 1.44. The molecule has 0 aromatic heterocycles. The van der Waals surface area contributed by atoms with Gasteiger partial charge in [0, 0.05) is 5.56 Å². The van der Waals surface area contributed by atoms with Gasteiger partial charge in [-0.15, -0.1) is 0 Å². The summed E-state index contributed by atoms with van der Waals surface area (Å²) >= 11 is 0. The Balaban J connectivity index is 3.19. The van der Waals surface area contributed by atoms with Crippen LogP contribution in [0, 0.1) is 5.82 Å². The van der Waals surface area contributed by atoms with Gasteiger partial charge in [-0.1, -0.05) is 6.92 Å². The van der Waals surface area contributed by atoms with Crippen molar-refractivity contribution in [2.75, 3.05) is 7.11 Å². The molecule has 1 unspecified atom stereocenters. The van der Waals surface area contributed by atoms with Crippen molar-refractivity contribution in [2.45, 2.75) is 19.3 Å². The monoisotopic (exact) mass is 212 g/mol. The molecule has 3 nitrogen and oxygen atoms in total. The number of hydrogen-bond acceptors (Lipinski definition) is 2. The van der Waals surface area contributed by atoms with Crippen molar-refractivity contribution in [3.8, 4) is 5.75 Å². The first-order valence-corrected chi connectivity index (χ1v) is 4.66. The van der Waals surface area contributed by atoms with Gasteiger partial charge in [0.15, 0.2) is 0 Å². The molecule has 0 amide bonds. The summed E-state index contributed by atoms with van der Waals surface area (Å²) in [4.78, 5) is 10.9. The van der Waals surface area contributed by atoms with E-state index in [9.17, 15) is 9.18 Å². The Bertz CT molecular complexity index is 363. The molecule has 0 fully saturated rings. The fourth-order valence-corrected chi connectivity index (χ4v) is 1.51. The normalized spacial score (nSPS) is 12.2.